The molecule has 1 aromatic carbocycles. The molecule has 0 aliphatic heterocycles. The molecule has 0 aliphatic rings. The molecule has 1 amide bonds. The SMILES string of the molecule is CN(C)c1cccc(NC(=O)C(C)(Br)Br)c1. The number of anilines is 2. The van der Waals surface area contributed by atoms with Crippen molar-refractivity contribution in [2.45, 2.75) is 10.2 Å². The molecule has 0 radical (unpaired) electrons. The van der Waals surface area contributed by atoms with Gasteiger partial charge in [-0.15, -0.1) is 0 Å². The Morgan fingerprint density at radius 2 is 2.00 bits per heavy atom. The molecule has 3 nitrogen and oxygen atoms in total. The summed E-state index contributed by atoms with van der Waals surface area (Å²) >= 11 is 6.49. The van der Waals surface area contributed by atoms with E-state index in [1.54, 1.807) is 6.92 Å². The van der Waals surface area contributed by atoms with Gasteiger partial charge in [-0.3, -0.25) is 4.79 Å². The number of rotatable bonds is 3. The van der Waals surface area contributed by atoms with E-state index < -0.39 is 3.23 Å². The van der Waals surface area contributed by atoms with Crippen molar-refractivity contribution < 1.29 is 4.79 Å². The zero-order valence-corrected chi connectivity index (χ0v) is 12.6. The Morgan fingerprint density at radius 3 is 2.50 bits per heavy atom. The predicted molar refractivity (Wildman–Crippen MR) is 75.7 cm³/mol. The number of nitrogens with zero attached hydrogens (tertiary/aromatic N) is 1. The van der Waals surface area contributed by atoms with Gasteiger partial charge in [-0.1, -0.05) is 37.9 Å². The molecule has 1 N–H and O–H groups in total. The van der Waals surface area contributed by atoms with Gasteiger partial charge in [0.1, 0.15) is 0 Å². The van der Waals surface area contributed by atoms with Gasteiger partial charge in [-0.05, 0) is 25.1 Å². The fourth-order valence-corrected chi connectivity index (χ4v) is 1.30. The summed E-state index contributed by atoms with van der Waals surface area (Å²) in [5.74, 6) is -0.136. The molecule has 0 atom stereocenters. The van der Waals surface area contributed by atoms with Crippen molar-refractivity contribution in [2.24, 2.45) is 0 Å². The summed E-state index contributed by atoms with van der Waals surface area (Å²) in [6, 6.07) is 7.67. The van der Waals surface area contributed by atoms with E-state index in [2.05, 4.69) is 37.2 Å². The normalized spacial score (nSPS) is 11.1. The number of carbonyl (C=O) groups is 1. The summed E-state index contributed by atoms with van der Waals surface area (Å²) in [6.45, 7) is 1.73. The number of halogens is 2. The third-order valence-electron chi connectivity index (χ3n) is 2.02. The Hall–Kier alpha value is -0.550. The highest BCUT2D eigenvalue weighted by Crippen LogP contribution is 2.27. The zero-order chi connectivity index (χ0) is 12.3. The van der Waals surface area contributed by atoms with Gasteiger partial charge in [-0.2, -0.15) is 0 Å². The van der Waals surface area contributed by atoms with E-state index in [0.29, 0.717) is 0 Å². The number of hydrogen-bond donors (Lipinski definition) is 1. The monoisotopic (exact) mass is 348 g/mol. The lowest BCUT2D eigenvalue weighted by atomic mass is 10.2. The molecule has 16 heavy (non-hydrogen) atoms. The number of nitrogens with one attached hydrogen (secondary N) is 1. The van der Waals surface area contributed by atoms with Crippen LogP contribution in [0.2, 0.25) is 0 Å². The van der Waals surface area contributed by atoms with Crippen molar-refractivity contribution >= 4 is 49.1 Å². The minimum atomic E-state index is -0.742. The van der Waals surface area contributed by atoms with Gasteiger partial charge >= 0.3 is 0 Å². The molecular weight excluding hydrogens is 336 g/mol. The van der Waals surface area contributed by atoms with Crippen LogP contribution < -0.4 is 10.2 Å². The molecule has 88 valence electrons. The number of carbonyl (C=O) groups excluding carboxylic acids is 1. The minimum absolute atomic E-state index is 0.136. The van der Waals surface area contributed by atoms with Gasteiger partial charge < -0.3 is 10.2 Å². The predicted octanol–water partition coefficient (Wildman–Crippen LogP) is 3.20. The first-order valence-corrected chi connectivity index (χ1v) is 6.36. The van der Waals surface area contributed by atoms with E-state index in [-0.39, 0.29) is 5.91 Å². The van der Waals surface area contributed by atoms with Crippen molar-refractivity contribution in [1.29, 1.82) is 0 Å². The Labute approximate surface area is 112 Å². The molecule has 0 saturated heterocycles. The van der Waals surface area contributed by atoms with Gasteiger partial charge in [0.05, 0.1) is 0 Å². The highest BCUT2D eigenvalue weighted by Gasteiger charge is 2.25. The van der Waals surface area contributed by atoms with Crippen LogP contribution in [-0.2, 0) is 4.79 Å². The molecule has 0 heterocycles. The number of benzene rings is 1. The first kappa shape index (κ1) is 13.5. The standard InChI is InChI=1S/C11H14Br2N2O/c1-11(12,13)10(16)14-8-5-4-6-9(7-8)15(2)3/h4-7H,1-3H3,(H,14,16). The molecule has 1 aromatic rings. The van der Waals surface area contributed by atoms with Crippen LogP contribution in [0.15, 0.2) is 24.3 Å². The lowest BCUT2D eigenvalue weighted by Crippen LogP contribution is -2.28. The molecule has 0 aliphatic carbocycles. The first-order valence-electron chi connectivity index (χ1n) is 4.77. The molecular formula is C11H14Br2N2O. The number of alkyl halides is 2. The van der Waals surface area contributed by atoms with Gasteiger partial charge in [0.15, 0.2) is 3.23 Å². The Morgan fingerprint density at radius 1 is 1.38 bits per heavy atom. The van der Waals surface area contributed by atoms with E-state index in [0.717, 1.165) is 11.4 Å². The maximum absolute atomic E-state index is 11.7. The topological polar surface area (TPSA) is 32.3 Å². The van der Waals surface area contributed by atoms with Crippen LogP contribution in [-0.4, -0.2) is 23.2 Å². The molecule has 0 unspecified atom stereocenters. The molecule has 5 heteroatoms. The second-order valence-corrected chi connectivity index (χ2v) is 8.02. The third kappa shape index (κ3) is 3.79. The lowest BCUT2D eigenvalue weighted by molar-refractivity contribution is -0.115. The highest BCUT2D eigenvalue weighted by atomic mass is 79.9. The molecule has 0 saturated carbocycles. The third-order valence-corrected chi connectivity index (χ3v) is 2.74. The summed E-state index contributed by atoms with van der Waals surface area (Å²) in [5, 5.41) is 2.82. The van der Waals surface area contributed by atoms with Crippen LogP contribution in [0.3, 0.4) is 0 Å². The summed E-state index contributed by atoms with van der Waals surface area (Å²) < 4.78 is -0.742. The molecule has 1 rings (SSSR count). The van der Waals surface area contributed by atoms with Gasteiger partial charge in [0.2, 0.25) is 0 Å². The molecule has 0 spiro atoms. The van der Waals surface area contributed by atoms with Crippen molar-refractivity contribution in [1.82, 2.24) is 0 Å². The zero-order valence-electron chi connectivity index (χ0n) is 9.42. The Bertz CT molecular complexity index is 386. The van der Waals surface area contributed by atoms with E-state index in [9.17, 15) is 4.79 Å². The van der Waals surface area contributed by atoms with E-state index in [4.69, 9.17) is 0 Å². The lowest BCUT2D eigenvalue weighted by Gasteiger charge is -2.16. The van der Waals surface area contributed by atoms with Gasteiger partial charge in [-0.25, -0.2) is 0 Å². The smallest absolute Gasteiger partial charge is 0.251 e. The molecule has 0 fully saturated rings. The average Bonchev–Trinajstić information content (AvgIpc) is 2.16. The van der Waals surface area contributed by atoms with Crippen molar-refractivity contribution in [3.63, 3.8) is 0 Å². The maximum atomic E-state index is 11.7. The number of amides is 1. The van der Waals surface area contributed by atoms with Crippen LogP contribution in [0.1, 0.15) is 6.92 Å². The first-order chi connectivity index (χ1) is 7.30. The number of hydrogen-bond acceptors (Lipinski definition) is 2. The van der Waals surface area contributed by atoms with E-state index >= 15 is 0 Å². The van der Waals surface area contributed by atoms with E-state index in [1.807, 2.05) is 43.3 Å². The maximum Gasteiger partial charge on any atom is 0.251 e. The largest absolute Gasteiger partial charge is 0.378 e. The quantitative estimate of drug-likeness (QED) is 0.850. The summed E-state index contributed by atoms with van der Waals surface area (Å²) in [5.41, 5.74) is 1.82. The molecule has 0 bridgehead atoms. The van der Waals surface area contributed by atoms with Crippen LogP contribution in [0.4, 0.5) is 11.4 Å². The Kier molecular flexibility index (Phi) is 4.38. The highest BCUT2D eigenvalue weighted by molar-refractivity contribution is 9.25. The minimum Gasteiger partial charge on any atom is -0.378 e. The molecule has 0 aromatic heterocycles. The second-order valence-electron chi connectivity index (χ2n) is 3.79. The summed E-state index contributed by atoms with van der Waals surface area (Å²) in [4.78, 5) is 13.7. The van der Waals surface area contributed by atoms with Crippen molar-refractivity contribution in [2.75, 3.05) is 24.3 Å². The summed E-state index contributed by atoms with van der Waals surface area (Å²) in [7, 11) is 3.92. The average molecular weight is 350 g/mol. The van der Waals surface area contributed by atoms with Gasteiger partial charge in [0, 0.05) is 25.5 Å². The second kappa shape index (κ2) is 5.19. The van der Waals surface area contributed by atoms with Crippen molar-refractivity contribution in [3.05, 3.63) is 24.3 Å². The Balaban J connectivity index is 2.83. The van der Waals surface area contributed by atoms with Crippen LogP contribution >= 0.6 is 31.9 Å². The fourth-order valence-electron chi connectivity index (χ4n) is 1.10. The van der Waals surface area contributed by atoms with Crippen molar-refractivity contribution in [3.8, 4) is 0 Å². The van der Waals surface area contributed by atoms with Crippen LogP contribution in [0.25, 0.3) is 0 Å². The summed E-state index contributed by atoms with van der Waals surface area (Å²) in [6.07, 6.45) is 0. The van der Waals surface area contributed by atoms with Crippen LogP contribution in [0.5, 0.6) is 0 Å². The van der Waals surface area contributed by atoms with Crippen LogP contribution in [0, 0.1) is 0 Å². The van der Waals surface area contributed by atoms with Gasteiger partial charge in [0.25, 0.3) is 5.91 Å². The fraction of sp³-hybridized carbons (Fsp3) is 0.364. The van der Waals surface area contributed by atoms with E-state index in [1.165, 1.54) is 0 Å².